The SMILES string of the molecule is Cc1ccc2nc(C)cc(C(=O)NCC(C)N3CCCC(C)C3)c2c1. The van der Waals surface area contributed by atoms with E-state index in [1.807, 2.05) is 38.1 Å². The molecule has 1 aromatic carbocycles. The monoisotopic (exact) mass is 339 g/mol. The van der Waals surface area contributed by atoms with Gasteiger partial charge in [0, 0.05) is 30.2 Å². The molecule has 25 heavy (non-hydrogen) atoms. The van der Waals surface area contributed by atoms with E-state index in [1.54, 1.807) is 0 Å². The van der Waals surface area contributed by atoms with Crippen molar-refractivity contribution in [3.8, 4) is 0 Å². The highest BCUT2D eigenvalue weighted by Gasteiger charge is 2.21. The molecule has 2 atom stereocenters. The lowest BCUT2D eigenvalue weighted by Crippen LogP contribution is -2.46. The molecule has 1 saturated heterocycles. The van der Waals surface area contributed by atoms with Gasteiger partial charge >= 0.3 is 0 Å². The minimum Gasteiger partial charge on any atom is -0.350 e. The van der Waals surface area contributed by atoms with Crippen LogP contribution in [0.15, 0.2) is 24.3 Å². The Morgan fingerprint density at radius 3 is 2.92 bits per heavy atom. The van der Waals surface area contributed by atoms with Crippen molar-refractivity contribution in [3.63, 3.8) is 0 Å². The highest BCUT2D eigenvalue weighted by molar-refractivity contribution is 6.06. The predicted octanol–water partition coefficient (Wildman–Crippen LogP) is 3.70. The fraction of sp³-hybridized carbons (Fsp3) is 0.524. The standard InChI is InChI=1S/C21H29N3O/c1-14-7-8-20-18(10-14)19(11-16(3)23-20)21(25)22-12-17(4)24-9-5-6-15(2)13-24/h7-8,10-11,15,17H,5-6,9,12-13H2,1-4H3,(H,22,25). The Kier molecular flexibility index (Phi) is 5.38. The Labute approximate surface area is 150 Å². The quantitative estimate of drug-likeness (QED) is 0.924. The maximum absolute atomic E-state index is 12.8. The van der Waals surface area contributed by atoms with Crippen molar-refractivity contribution >= 4 is 16.8 Å². The molecule has 4 heteroatoms. The van der Waals surface area contributed by atoms with Crippen LogP contribution in [0.25, 0.3) is 10.9 Å². The van der Waals surface area contributed by atoms with Crippen molar-refractivity contribution in [3.05, 3.63) is 41.1 Å². The first-order chi connectivity index (χ1) is 11.9. The van der Waals surface area contributed by atoms with Gasteiger partial charge in [-0.1, -0.05) is 18.6 Å². The molecule has 0 spiro atoms. The molecule has 2 heterocycles. The van der Waals surface area contributed by atoms with E-state index in [2.05, 4.69) is 29.0 Å². The number of amides is 1. The summed E-state index contributed by atoms with van der Waals surface area (Å²) in [6.07, 6.45) is 2.57. The lowest BCUT2D eigenvalue weighted by atomic mass is 9.99. The second kappa shape index (κ2) is 7.52. The number of aromatic nitrogens is 1. The molecule has 0 bridgehead atoms. The van der Waals surface area contributed by atoms with E-state index in [1.165, 1.54) is 12.8 Å². The summed E-state index contributed by atoms with van der Waals surface area (Å²) in [5.74, 6) is 0.750. The van der Waals surface area contributed by atoms with Crippen molar-refractivity contribution in [1.82, 2.24) is 15.2 Å². The lowest BCUT2D eigenvalue weighted by molar-refractivity contribution is 0.0919. The predicted molar refractivity (Wildman–Crippen MR) is 103 cm³/mol. The zero-order valence-corrected chi connectivity index (χ0v) is 15.8. The Morgan fingerprint density at radius 2 is 2.16 bits per heavy atom. The highest BCUT2D eigenvalue weighted by Crippen LogP contribution is 2.20. The molecular weight excluding hydrogens is 310 g/mol. The fourth-order valence-corrected chi connectivity index (χ4v) is 3.75. The Balaban J connectivity index is 1.73. The van der Waals surface area contributed by atoms with E-state index in [0.29, 0.717) is 12.6 Å². The maximum atomic E-state index is 12.8. The van der Waals surface area contributed by atoms with Gasteiger partial charge in [-0.05, 0) is 64.3 Å². The number of pyridine rings is 1. The molecule has 0 aliphatic carbocycles. The Hall–Kier alpha value is -1.94. The van der Waals surface area contributed by atoms with E-state index < -0.39 is 0 Å². The number of piperidine rings is 1. The summed E-state index contributed by atoms with van der Waals surface area (Å²) in [4.78, 5) is 19.9. The number of benzene rings is 1. The highest BCUT2D eigenvalue weighted by atomic mass is 16.1. The first-order valence-electron chi connectivity index (χ1n) is 9.34. The van der Waals surface area contributed by atoms with E-state index in [0.717, 1.165) is 46.7 Å². The normalized spacial score (nSPS) is 19.8. The molecule has 134 valence electrons. The van der Waals surface area contributed by atoms with Gasteiger partial charge in [0.2, 0.25) is 0 Å². The van der Waals surface area contributed by atoms with Crippen LogP contribution in [-0.2, 0) is 0 Å². The number of fused-ring (bicyclic) bond motifs is 1. The number of aryl methyl sites for hydroxylation is 2. The summed E-state index contributed by atoms with van der Waals surface area (Å²) >= 11 is 0. The summed E-state index contributed by atoms with van der Waals surface area (Å²) < 4.78 is 0. The van der Waals surface area contributed by atoms with Crippen LogP contribution in [0, 0.1) is 19.8 Å². The van der Waals surface area contributed by atoms with Crippen LogP contribution in [0.4, 0.5) is 0 Å². The number of likely N-dealkylation sites (tertiary alicyclic amines) is 1. The van der Waals surface area contributed by atoms with Crippen LogP contribution in [0.3, 0.4) is 0 Å². The molecule has 3 rings (SSSR count). The molecule has 1 aromatic heterocycles. The van der Waals surface area contributed by atoms with Gasteiger partial charge < -0.3 is 5.32 Å². The van der Waals surface area contributed by atoms with Crippen molar-refractivity contribution in [2.45, 2.75) is 46.6 Å². The third-order valence-corrected chi connectivity index (χ3v) is 5.21. The van der Waals surface area contributed by atoms with E-state index in [-0.39, 0.29) is 5.91 Å². The molecule has 1 fully saturated rings. The van der Waals surface area contributed by atoms with Crippen molar-refractivity contribution < 1.29 is 4.79 Å². The summed E-state index contributed by atoms with van der Waals surface area (Å²) in [5.41, 5.74) is 3.63. The van der Waals surface area contributed by atoms with E-state index >= 15 is 0 Å². The van der Waals surface area contributed by atoms with Gasteiger partial charge in [0.25, 0.3) is 5.91 Å². The van der Waals surface area contributed by atoms with E-state index in [9.17, 15) is 4.79 Å². The number of nitrogens with one attached hydrogen (secondary N) is 1. The summed E-state index contributed by atoms with van der Waals surface area (Å²) in [5, 5.41) is 4.07. The second-order valence-corrected chi connectivity index (χ2v) is 7.63. The van der Waals surface area contributed by atoms with Gasteiger partial charge in [-0.3, -0.25) is 14.7 Å². The van der Waals surface area contributed by atoms with Crippen LogP contribution in [0.5, 0.6) is 0 Å². The van der Waals surface area contributed by atoms with Crippen LogP contribution < -0.4 is 5.32 Å². The number of rotatable bonds is 4. The molecule has 4 nitrogen and oxygen atoms in total. The minimum atomic E-state index is -0.00184. The number of hydrogen-bond acceptors (Lipinski definition) is 3. The molecule has 2 aromatic rings. The zero-order valence-electron chi connectivity index (χ0n) is 15.8. The Bertz CT molecular complexity index is 771. The van der Waals surface area contributed by atoms with Gasteiger partial charge in [-0.2, -0.15) is 0 Å². The average molecular weight is 339 g/mol. The summed E-state index contributed by atoms with van der Waals surface area (Å²) in [7, 11) is 0. The van der Waals surface area contributed by atoms with Crippen molar-refractivity contribution in [2.75, 3.05) is 19.6 Å². The number of nitrogens with zero attached hydrogens (tertiary/aromatic N) is 2. The van der Waals surface area contributed by atoms with Gasteiger partial charge in [-0.25, -0.2) is 0 Å². The Morgan fingerprint density at radius 1 is 1.36 bits per heavy atom. The fourth-order valence-electron chi connectivity index (χ4n) is 3.75. The topological polar surface area (TPSA) is 45.2 Å². The lowest BCUT2D eigenvalue weighted by Gasteiger charge is -2.35. The van der Waals surface area contributed by atoms with Crippen LogP contribution >= 0.6 is 0 Å². The maximum Gasteiger partial charge on any atom is 0.252 e. The van der Waals surface area contributed by atoms with Gasteiger partial charge in [0.05, 0.1) is 11.1 Å². The molecule has 0 radical (unpaired) electrons. The zero-order chi connectivity index (χ0) is 18.0. The smallest absolute Gasteiger partial charge is 0.252 e. The summed E-state index contributed by atoms with van der Waals surface area (Å²) in [6, 6.07) is 8.34. The van der Waals surface area contributed by atoms with Gasteiger partial charge in [0.1, 0.15) is 0 Å². The number of carbonyl (C=O) groups excluding carboxylic acids is 1. The van der Waals surface area contributed by atoms with Crippen molar-refractivity contribution in [2.24, 2.45) is 5.92 Å². The molecule has 1 amide bonds. The first kappa shape index (κ1) is 17.9. The number of carbonyl (C=O) groups is 1. The van der Waals surface area contributed by atoms with Gasteiger partial charge in [-0.15, -0.1) is 0 Å². The third kappa shape index (κ3) is 4.18. The molecule has 1 aliphatic heterocycles. The molecule has 0 saturated carbocycles. The first-order valence-corrected chi connectivity index (χ1v) is 9.34. The van der Waals surface area contributed by atoms with Crippen LogP contribution in [0.1, 0.15) is 48.3 Å². The molecular formula is C21H29N3O. The number of hydrogen-bond donors (Lipinski definition) is 1. The average Bonchev–Trinajstić information content (AvgIpc) is 2.59. The third-order valence-electron chi connectivity index (χ3n) is 5.21. The molecule has 2 unspecified atom stereocenters. The minimum absolute atomic E-state index is 0.00184. The molecule has 1 aliphatic rings. The van der Waals surface area contributed by atoms with Gasteiger partial charge in [0.15, 0.2) is 0 Å². The molecule has 1 N–H and O–H groups in total. The van der Waals surface area contributed by atoms with Crippen LogP contribution in [0.2, 0.25) is 0 Å². The summed E-state index contributed by atoms with van der Waals surface area (Å²) in [6.45, 7) is 11.4. The second-order valence-electron chi connectivity index (χ2n) is 7.63. The largest absolute Gasteiger partial charge is 0.350 e. The van der Waals surface area contributed by atoms with Crippen molar-refractivity contribution in [1.29, 1.82) is 0 Å². The van der Waals surface area contributed by atoms with Crippen LogP contribution in [-0.4, -0.2) is 41.5 Å². The van der Waals surface area contributed by atoms with E-state index in [4.69, 9.17) is 0 Å².